The van der Waals surface area contributed by atoms with Gasteiger partial charge >= 0.3 is 0 Å². The van der Waals surface area contributed by atoms with Crippen LogP contribution in [0.15, 0.2) is 54.6 Å². The average Bonchev–Trinajstić information content (AvgIpc) is 2.73. The van der Waals surface area contributed by atoms with E-state index in [1.54, 1.807) is 41.3 Å². The standard InChI is InChI=1S/C13H18ClNO3.C7H7NO2/c1-2-18-12(9-13(16)15-17)8-5-10-3-6-11(14)7-4-10;9-7(8-10)6-4-2-1-3-5-6/h3-4,6-7,12,17H,2,5,8-9H2,1H3,(H,15,16);1-5,10H,(H,8,9). The number of hydrogen-bond donors (Lipinski definition) is 4. The Balaban J connectivity index is 0.000000330. The molecule has 1 atom stereocenters. The van der Waals surface area contributed by atoms with Crippen molar-refractivity contribution < 1.29 is 24.7 Å². The van der Waals surface area contributed by atoms with Crippen LogP contribution in [0.1, 0.15) is 35.7 Å². The molecule has 0 aliphatic rings. The molecule has 4 N–H and O–H groups in total. The zero-order valence-corrected chi connectivity index (χ0v) is 16.4. The third-order valence-electron chi connectivity index (χ3n) is 3.75. The van der Waals surface area contributed by atoms with Crippen LogP contribution in [-0.2, 0) is 16.0 Å². The van der Waals surface area contributed by atoms with E-state index >= 15 is 0 Å². The first-order chi connectivity index (χ1) is 13.5. The Morgan fingerprint density at radius 2 is 1.68 bits per heavy atom. The molecule has 0 aliphatic carbocycles. The molecule has 152 valence electrons. The maximum absolute atomic E-state index is 11.1. The molecule has 7 nitrogen and oxygen atoms in total. The quantitative estimate of drug-likeness (QED) is 0.395. The van der Waals surface area contributed by atoms with Gasteiger partial charge in [0.1, 0.15) is 0 Å². The number of carbonyl (C=O) groups excluding carboxylic acids is 2. The minimum atomic E-state index is -0.486. The van der Waals surface area contributed by atoms with Crippen molar-refractivity contribution in [3.05, 3.63) is 70.7 Å². The monoisotopic (exact) mass is 408 g/mol. The molecule has 0 fully saturated rings. The molecule has 8 heteroatoms. The number of aryl methyl sites for hydroxylation is 1. The van der Waals surface area contributed by atoms with Crippen LogP contribution in [0.4, 0.5) is 0 Å². The second-order valence-electron chi connectivity index (χ2n) is 5.79. The number of nitrogens with one attached hydrogen (secondary N) is 2. The molecule has 0 spiro atoms. The maximum Gasteiger partial charge on any atom is 0.274 e. The maximum atomic E-state index is 11.1. The van der Waals surface area contributed by atoms with Gasteiger partial charge in [-0.25, -0.2) is 11.0 Å². The molecule has 2 amide bonds. The van der Waals surface area contributed by atoms with Crippen molar-refractivity contribution in [3.63, 3.8) is 0 Å². The summed E-state index contributed by atoms with van der Waals surface area (Å²) >= 11 is 5.81. The molecule has 1 unspecified atom stereocenters. The van der Waals surface area contributed by atoms with E-state index in [1.165, 1.54) is 0 Å². The number of halogens is 1. The van der Waals surface area contributed by atoms with Crippen molar-refractivity contribution in [3.8, 4) is 0 Å². The number of rotatable bonds is 8. The molecule has 0 saturated heterocycles. The summed E-state index contributed by atoms with van der Waals surface area (Å²) < 4.78 is 5.46. The van der Waals surface area contributed by atoms with Crippen molar-refractivity contribution >= 4 is 23.4 Å². The number of benzene rings is 2. The van der Waals surface area contributed by atoms with Gasteiger partial charge in [-0.05, 0) is 49.6 Å². The average molecular weight is 409 g/mol. The first-order valence-electron chi connectivity index (χ1n) is 8.78. The molecule has 0 saturated carbocycles. The molecular formula is C20H25ClN2O5. The zero-order chi connectivity index (χ0) is 20.8. The molecule has 0 heterocycles. The van der Waals surface area contributed by atoms with Gasteiger partial charge < -0.3 is 4.74 Å². The molecule has 28 heavy (non-hydrogen) atoms. The lowest BCUT2D eigenvalue weighted by atomic mass is 10.0. The lowest BCUT2D eigenvalue weighted by Crippen LogP contribution is -2.26. The fourth-order valence-electron chi connectivity index (χ4n) is 2.37. The van der Waals surface area contributed by atoms with E-state index in [9.17, 15) is 9.59 Å². The summed E-state index contributed by atoms with van der Waals surface area (Å²) in [5, 5.41) is 17.4. The van der Waals surface area contributed by atoms with Gasteiger partial charge in [-0.2, -0.15) is 0 Å². The number of hydrogen-bond acceptors (Lipinski definition) is 5. The van der Waals surface area contributed by atoms with Gasteiger partial charge in [-0.3, -0.25) is 20.0 Å². The van der Waals surface area contributed by atoms with Gasteiger partial charge in [0.25, 0.3) is 5.91 Å². The van der Waals surface area contributed by atoms with Crippen molar-refractivity contribution in [1.29, 1.82) is 0 Å². The zero-order valence-electron chi connectivity index (χ0n) is 15.6. The third-order valence-corrected chi connectivity index (χ3v) is 4.00. The highest BCUT2D eigenvalue weighted by molar-refractivity contribution is 6.30. The summed E-state index contributed by atoms with van der Waals surface area (Å²) in [6, 6.07) is 16.1. The molecule has 0 radical (unpaired) electrons. The van der Waals surface area contributed by atoms with Crippen LogP contribution in [0.3, 0.4) is 0 Å². The van der Waals surface area contributed by atoms with E-state index in [4.69, 9.17) is 26.8 Å². The highest BCUT2D eigenvalue weighted by Gasteiger charge is 2.13. The van der Waals surface area contributed by atoms with Crippen LogP contribution in [0.5, 0.6) is 0 Å². The van der Waals surface area contributed by atoms with Gasteiger partial charge in [0.15, 0.2) is 0 Å². The van der Waals surface area contributed by atoms with Gasteiger partial charge in [0, 0.05) is 17.2 Å². The Kier molecular flexibility index (Phi) is 11.5. The molecular weight excluding hydrogens is 384 g/mol. The van der Waals surface area contributed by atoms with E-state index in [-0.39, 0.29) is 12.5 Å². The fourth-order valence-corrected chi connectivity index (χ4v) is 2.49. The third kappa shape index (κ3) is 9.48. The second-order valence-corrected chi connectivity index (χ2v) is 6.22. The van der Waals surface area contributed by atoms with Gasteiger partial charge in [0.05, 0.1) is 12.5 Å². The van der Waals surface area contributed by atoms with Gasteiger partial charge in [0.2, 0.25) is 5.91 Å². The Morgan fingerprint density at radius 3 is 2.21 bits per heavy atom. The summed E-state index contributed by atoms with van der Waals surface area (Å²) in [5.74, 6) is -0.912. The Bertz CT molecular complexity index is 710. The van der Waals surface area contributed by atoms with Gasteiger partial charge in [-0.15, -0.1) is 0 Å². The first kappa shape index (κ1) is 23.6. The summed E-state index contributed by atoms with van der Waals surface area (Å²) in [4.78, 5) is 21.7. The topological polar surface area (TPSA) is 108 Å². The van der Waals surface area contributed by atoms with E-state index in [2.05, 4.69) is 0 Å². The van der Waals surface area contributed by atoms with Crippen molar-refractivity contribution in [2.75, 3.05) is 6.61 Å². The Morgan fingerprint density at radius 1 is 1.04 bits per heavy atom. The van der Waals surface area contributed by atoms with E-state index in [1.807, 2.05) is 31.2 Å². The summed E-state index contributed by atoms with van der Waals surface area (Å²) in [6.45, 7) is 2.43. The minimum absolute atomic E-state index is 0.165. The summed E-state index contributed by atoms with van der Waals surface area (Å²) in [7, 11) is 0. The van der Waals surface area contributed by atoms with E-state index in [0.29, 0.717) is 17.2 Å². The molecule has 2 aromatic rings. The smallest absolute Gasteiger partial charge is 0.274 e. The van der Waals surface area contributed by atoms with E-state index in [0.717, 1.165) is 18.4 Å². The largest absolute Gasteiger partial charge is 0.378 e. The number of hydroxylamine groups is 2. The SMILES string of the molecule is CCOC(CCc1ccc(Cl)cc1)CC(=O)NO.O=C(NO)c1ccccc1. The molecule has 0 bridgehead atoms. The fraction of sp³-hybridized carbons (Fsp3) is 0.300. The van der Waals surface area contributed by atoms with Gasteiger partial charge in [-0.1, -0.05) is 41.9 Å². The van der Waals surface area contributed by atoms with Crippen LogP contribution in [-0.4, -0.2) is 34.9 Å². The lowest BCUT2D eigenvalue weighted by Gasteiger charge is -2.15. The van der Waals surface area contributed by atoms with Crippen LogP contribution in [0, 0.1) is 0 Å². The van der Waals surface area contributed by atoms with Crippen molar-refractivity contribution in [1.82, 2.24) is 11.0 Å². The number of ether oxygens (including phenoxy) is 1. The lowest BCUT2D eigenvalue weighted by molar-refractivity contribution is -0.132. The highest BCUT2D eigenvalue weighted by atomic mass is 35.5. The molecule has 2 aromatic carbocycles. The first-order valence-corrected chi connectivity index (χ1v) is 9.16. The highest BCUT2D eigenvalue weighted by Crippen LogP contribution is 2.14. The molecule has 0 aromatic heterocycles. The van der Waals surface area contributed by atoms with Crippen molar-refractivity contribution in [2.24, 2.45) is 0 Å². The van der Waals surface area contributed by atoms with Crippen LogP contribution in [0.2, 0.25) is 5.02 Å². The van der Waals surface area contributed by atoms with Crippen molar-refractivity contribution in [2.45, 2.75) is 32.3 Å². The Labute approximate surface area is 169 Å². The number of carbonyl (C=O) groups is 2. The predicted molar refractivity (Wildman–Crippen MR) is 105 cm³/mol. The Hall–Kier alpha value is -2.45. The normalized spacial score (nSPS) is 11.0. The van der Waals surface area contributed by atoms with E-state index < -0.39 is 11.8 Å². The molecule has 0 aliphatic heterocycles. The van der Waals surface area contributed by atoms with Crippen LogP contribution >= 0.6 is 11.6 Å². The molecule has 2 rings (SSSR count). The second kappa shape index (κ2) is 13.7. The summed E-state index contributed by atoms with van der Waals surface area (Å²) in [5.41, 5.74) is 4.76. The van der Waals surface area contributed by atoms with Crippen LogP contribution < -0.4 is 11.0 Å². The van der Waals surface area contributed by atoms with Crippen LogP contribution in [0.25, 0.3) is 0 Å². The summed E-state index contributed by atoms with van der Waals surface area (Å²) in [6.07, 6.45) is 1.51. The predicted octanol–water partition coefficient (Wildman–Crippen LogP) is 3.38. The minimum Gasteiger partial charge on any atom is -0.378 e. The number of amides is 2.